The van der Waals surface area contributed by atoms with Crippen LogP contribution in [0.25, 0.3) is 11.1 Å². The summed E-state index contributed by atoms with van der Waals surface area (Å²) in [5.41, 5.74) is 2.74. The molecule has 30 heavy (non-hydrogen) atoms. The average molecular weight is 433 g/mol. The summed E-state index contributed by atoms with van der Waals surface area (Å²) in [5.74, 6) is 1.78. The molecular formula is C22H25ClN2O5. The minimum Gasteiger partial charge on any atom is -0.497 e. The molecule has 2 aromatic rings. The van der Waals surface area contributed by atoms with E-state index in [0.29, 0.717) is 36.0 Å². The molecule has 0 unspecified atom stereocenters. The summed E-state index contributed by atoms with van der Waals surface area (Å²) >= 11 is 6.50. The summed E-state index contributed by atoms with van der Waals surface area (Å²) in [6, 6.07) is 9.46. The highest BCUT2D eigenvalue weighted by Gasteiger charge is 2.27. The van der Waals surface area contributed by atoms with Crippen molar-refractivity contribution < 1.29 is 23.8 Å². The molecule has 0 saturated heterocycles. The van der Waals surface area contributed by atoms with Crippen molar-refractivity contribution in [3.05, 3.63) is 40.9 Å². The van der Waals surface area contributed by atoms with E-state index in [-0.39, 0.29) is 24.3 Å². The maximum atomic E-state index is 11.9. The van der Waals surface area contributed by atoms with Crippen LogP contribution >= 0.6 is 11.6 Å². The molecule has 1 atom stereocenters. The lowest BCUT2D eigenvalue weighted by atomic mass is 9.99. The second kappa shape index (κ2) is 9.71. The quantitative estimate of drug-likeness (QED) is 0.669. The zero-order chi connectivity index (χ0) is 21.7. The zero-order valence-corrected chi connectivity index (χ0v) is 18.0. The molecule has 2 amide bonds. The molecule has 2 N–H and O–H groups in total. The highest BCUT2D eigenvalue weighted by Crippen LogP contribution is 2.42. The van der Waals surface area contributed by atoms with Crippen LogP contribution in [0.1, 0.15) is 18.9 Å². The third-order valence-corrected chi connectivity index (χ3v) is 5.10. The molecule has 0 fully saturated rings. The number of fused-ring (bicyclic) bond motifs is 1. The van der Waals surface area contributed by atoms with Crippen LogP contribution in [0, 0.1) is 0 Å². The first-order valence-corrected chi connectivity index (χ1v) is 10.0. The van der Waals surface area contributed by atoms with E-state index in [1.807, 2.05) is 30.3 Å². The smallest absolute Gasteiger partial charge is 0.221 e. The van der Waals surface area contributed by atoms with Gasteiger partial charge in [-0.05, 0) is 35.9 Å². The molecule has 8 heteroatoms. The van der Waals surface area contributed by atoms with Crippen molar-refractivity contribution in [3.63, 3.8) is 0 Å². The standard InChI is InChI=1S/C22H25ClN2O5/c1-13(26)24-7-6-21(27)25-12-17-9-15-8-14(10-19(23)22(15)30-17)18-11-16(28-2)4-5-20(18)29-3/h4-5,8,10-11,17H,6-7,9,12H2,1-3H3,(H,24,26)(H,25,27)/t17-/m1/s1. The number of hydrogen-bond donors (Lipinski definition) is 2. The van der Waals surface area contributed by atoms with Crippen LogP contribution in [0.4, 0.5) is 0 Å². The van der Waals surface area contributed by atoms with E-state index in [9.17, 15) is 9.59 Å². The Morgan fingerprint density at radius 1 is 1.17 bits per heavy atom. The van der Waals surface area contributed by atoms with Gasteiger partial charge in [0.2, 0.25) is 11.8 Å². The van der Waals surface area contributed by atoms with Crippen LogP contribution < -0.4 is 24.8 Å². The largest absolute Gasteiger partial charge is 0.497 e. The maximum Gasteiger partial charge on any atom is 0.221 e. The fourth-order valence-corrected chi connectivity index (χ4v) is 3.65. The molecule has 0 spiro atoms. The summed E-state index contributed by atoms with van der Waals surface area (Å²) in [7, 11) is 3.23. The molecule has 160 valence electrons. The lowest BCUT2D eigenvalue weighted by molar-refractivity contribution is -0.121. The van der Waals surface area contributed by atoms with Gasteiger partial charge in [-0.25, -0.2) is 0 Å². The summed E-state index contributed by atoms with van der Waals surface area (Å²) < 4.78 is 16.8. The van der Waals surface area contributed by atoms with Crippen molar-refractivity contribution in [2.75, 3.05) is 27.3 Å². The highest BCUT2D eigenvalue weighted by molar-refractivity contribution is 6.32. The van der Waals surface area contributed by atoms with Gasteiger partial charge in [-0.1, -0.05) is 11.6 Å². The minimum atomic E-state index is -0.204. The maximum absolute atomic E-state index is 11.9. The Hall–Kier alpha value is -2.93. The van der Waals surface area contributed by atoms with Crippen molar-refractivity contribution in [3.8, 4) is 28.4 Å². The number of halogens is 1. The number of hydrogen-bond acceptors (Lipinski definition) is 5. The van der Waals surface area contributed by atoms with Gasteiger partial charge in [-0.3, -0.25) is 9.59 Å². The molecule has 0 saturated carbocycles. The fraction of sp³-hybridized carbons (Fsp3) is 0.364. The van der Waals surface area contributed by atoms with Crippen LogP contribution in [0.3, 0.4) is 0 Å². The molecule has 2 aromatic carbocycles. The highest BCUT2D eigenvalue weighted by atomic mass is 35.5. The number of nitrogens with one attached hydrogen (secondary N) is 2. The normalized spacial score (nSPS) is 14.5. The topological polar surface area (TPSA) is 85.9 Å². The van der Waals surface area contributed by atoms with Gasteiger partial charge in [0.25, 0.3) is 0 Å². The lowest BCUT2D eigenvalue weighted by Gasteiger charge is -2.13. The Labute approximate surface area is 180 Å². The number of carbonyl (C=O) groups is 2. The third kappa shape index (κ3) is 5.16. The van der Waals surface area contributed by atoms with Crippen LogP contribution in [-0.2, 0) is 16.0 Å². The van der Waals surface area contributed by atoms with E-state index in [0.717, 1.165) is 22.4 Å². The van der Waals surface area contributed by atoms with Crippen molar-refractivity contribution in [2.45, 2.75) is 25.9 Å². The summed E-state index contributed by atoms with van der Waals surface area (Å²) in [4.78, 5) is 22.8. The first kappa shape index (κ1) is 21.8. The molecule has 0 aromatic heterocycles. The minimum absolute atomic E-state index is 0.142. The van der Waals surface area contributed by atoms with Crippen LogP contribution in [0.2, 0.25) is 5.02 Å². The first-order valence-electron chi connectivity index (χ1n) is 9.64. The van der Waals surface area contributed by atoms with Crippen molar-refractivity contribution >= 4 is 23.4 Å². The van der Waals surface area contributed by atoms with Crippen molar-refractivity contribution in [2.24, 2.45) is 0 Å². The second-order valence-corrected chi connectivity index (χ2v) is 7.40. The van der Waals surface area contributed by atoms with Gasteiger partial charge in [0.15, 0.2) is 0 Å². The molecule has 1 heterocycles. The van der Waals surface area contributed by atoms with E-state index in [1.165, 1.54) is 6.92 Å². The first-order chi connectivity index (χ1) is 14.4. The number of methoxy groups -OCH3 is 2. The number of carbonyl (C=O) groups excluding carboxylic acids is 2. The van der Waals surface area contributed by atoms with Gasteiger partial charge in [-0.2, -0.15) is 0 Å². The number of benzene rings is 2. The number of rotatable bonds is 8. The van der Waals surface area contributed by atoms with Gasteiger partial charge >= 0.3 is 0 Å². The Bertz CT molecular complexity index is 947. The van der Waals surface area contributed by atoms with Crippen LogP contribution in [0.5, 0.6) is 17.2 Å². The van der Waals surface area contributed by atoms with Crippen molar-refractivity contribution in [1.29, 1.82) is 0 Å². The zero-order valence-electron chi connectivity index (χ0n) is 17.2. The van der Waals surface area contributed by atoms with Crippen LogP contribution in [-0.4, -0.2) is 45.2 Å². The molecular weight excluding hydrogens is 408 g/mol. The fourth-order valence-electron chi connectivity index (χ4n) is 3.36. The predicted octanol–water partition coefficient (Wildman–Crippen LogP) is 2.97. The third-order valence-electron chi connectivity index (χ3n) is 4.82. The monoisotopic (exact) mass is 432 g/mol. The van der Waals surface area contributed by atoms with Gasteiger partial charge < -0.3 is 24.8 Å². The van der Waals surface area contributed by atoms with E-state index in [1.54, 1.807) is 14.2 Å². The molecule has 1 aliphatic rings. The number of amides is 2. The van der Waals surface area contributed by atoms with E-state index >= 15 is 0 Å². The van der Waals surface area contributed by atoms with Gasteiger partial charge in [0.1, 0.15) is 23.4 Å². The Morgan fingerprint density at radius 3 is 2.67 bits per heavy atom. The summed E-state index contributed by atoms with van der Waals surface area (Å²) in [5, 5.41) is 5.94. The average Bonchev–Trinajstić information content (AvgIpc) is 3.15. The summed E-state index contributed by atoms with van der Waals surface area (Å²) in [6.07, 6.45) is 0.644. The Kier molecular flexibility index (Phi) is 7.05. The molecule has 0 aliphatic carbocycles. The van der Waals surface area contributed by atoms with E-state index in [2.05, 4.69) is 10.6 Å². The van der Waals surface area contributed by atoms with Crippen molar-refractivity contribution in [1.82, 2.24) is 10.6 Å². The van der Waals surface area contributed by atoms with Gasteiger partial charge in [-0.15, -0.1) is 0 Å². The molecule has 0 radical (unpaired) electrons. The van der Waals surface area contributed by atoms with E-state index in [4.69, 9.17) is 25.8 Å². The van der Waals surface area contributed by atoms with Gasteiger partial charge in [0, 0.05) is 37.4 Å². The van der Waals surface area contributed by atoms with E-state index < -0.39 is 0 Å². The SMILES string of the molecule is COc1ccc(OC)c(-c2cc(Cl)c3c(c2)C[C@H](CNC(=O)CCNC(C)=O)O3)c1. The molecule has 3 rings (SSSR count). The lowest BCUT2D eigenvalue weighted by Crippen LogP contribution is -2.36. The number of ether oxygens (including phenoxy) is 3. The molecule has 1 aliphatic heterocycles. The van der Waals surface area contributed by atoms with Crippen LogP contribution in [0.15, 0.2) is 30.3 Å². The predicted molar refractivity (Wildman–Crippen MR) is 114 cm³/mol. The Balaban J connectivity index is 1.69. The molecule has 0 bridgehead atoms. The van der Waals surface area contributed by atoms with Gasteiger partial charge in [0.05, 0.1) is 25.8 Å². The molecule has 7 nitrogen and oxygen atoms in total. The second-order valence-electron chi connectivity index (χ2n) is 6.99. The summed E-state index contributed by atoms with van der Waals surface area (Å²) in [6.45, 7) is 2.09. The Morgan fingerprint density at radius 2 is 1.97 bits per heavy atom.